The van der Waals surface area contributed by atoms with Crippen molar-refractivity contribution in [2.45, 2.75) is 59.5 Å². The molecular weight excluding hydrogens is 332 g/mol. The molecule has 0 radical (unpaired) electrons. The number of phenols is 1. The molecule has 140 valence electrons. The summed E-state index contributed by atoms with van der Waals surface area (Å²) in [7, 11) is 0. The summed E-state index contributed by atoms with van der Waals surface area (Å²) in [6.45, 7) is 6.20. The van der Waals surface area contributed by atoms with Crippen LogP contribution in [0.3, 0.4) is 0 Å². The van der Waals surface area contributed by atoms with Crippen LogP contribution in [0.2, 0.25) is 0 Å². The molecule has 1 fully saturated rings. The van der Waals surface area contributed by atoms with E-state index in [9.17, 15) is 19.8 Å². The van der Waals surface area contributed by atoms with Gasteiger partial charge in [-0.1, -0.05) is 25.0 Å². The third-order valence-corrected chi connectivity index (χ3v) is 6.05. The van der Waals surface area contributed by atoms with Crippen LogP contribution in [-0.2, 0) is 29.0 Å². The van der Waals surface area contributed by atoms with E-state index >= 15 is 0 Å². The van der Waals surface area contributed by atoms with E-state index in [0.717, 1.165) is 53.5 Å². The van der Waals surface area contributed by atoms with Gasteiger partial charge in [0.1, 0.15) is 17.9 Å². The van der Waals surface area contributed by atoms with Crippen molar-refractivity contribution in [2.24, 2.45) is 11.8 Å². The van der Waals surface area contributed by atoms with E-state index in [1.807, 2.05) is 26.8 Å². The third kappa shape index (κ3) is 3.00. The summed E-state index contributed by atoms with van der Waals surface area (Å²) in [4.78, 5) is 23.4. The number of carbonyl (C=O) groups excluding carboxylic acids is 1. The van der Waals surface area contributed by atoms with E-state index in [4.69, 9.17) is 4.74 Å². The number of ether oxygens (including phenoxy) is 1. The third-order valence-electron chi connectivity index (χ3n) is 6.05. The molecule has 2 atom stereocenters. The Hall–Kier alpha value is -2.30. The normalized spacial score (nSPS) is 22.4. The van der Waals surface area contributed by atoms with Gasteiger partial charge in [0.05, 0.1) is 5.92 Å². The number of carbonyl (C=O) groups is 2. The molecule has 26 heavy (non-hydrogen) atoms. The summed E-state index contributed by atoms with van der Waals surface area (Å²) in [5.41, 5.74) is 4.95. The van der Waals surface area contributed by atoms with Gasteiger partial charge in [-0.05, 0) is 56.6 Å². The fraction of sp³-hybridized carbons (Fsp3) is 0.524. The Labute approximate surface area is 153 Å². The quantitative estimate of drug-likeness (QED) is 0.615. The van der Waals surface area contributed by atoms with Gasteiger partial charge in [0.25, 0.3) is 0 Å². The molecule has 1 saturated carbocycles. The Morgan fingerprint density at radius 1 is 1.27 bits per heavy atom. The number of esters is 1. The van der Waals surface area contributed by atoms with Crippen molar-refractivity contribution < 1.29 is 24.5 Å². The standard InChI is InChI=1S/C21H26O5/c1-4-13-12(3)17-10-26-21(25)18(17)19(22)15(13)9-8-11(2)14-6-5-7-16(14)20(23)24/h8,14,16,22H,4-7,9-10H2,1-3H3,(H,23,24)/b11-8+. The second-order valence-electron chi connectivity index (χ2n) is 7.35. The maximum atomic E-state index is 12.0. The molecule has 2 aliphatic rings. The van der Waals surface area contributed by atoms with Crippen LogP contribution in [0.5, 0.6) is 5.75 Å². The number of hydrogen-bond donors (Lipinski definition) is 2. The average Bonchev–Trinajstić information content (AvgIpc) is 3.23. The van der Waals surface area contributed by atoms with E-state index < -0.39 is 11.9 Å². The van der Waals surface area contributed by atoms with Crippen molar-refractivity contribution in [1.29, 1.82) is 0 Å². The van der Waals surface area contributed by atoms with Crippen molar-refractivity contribution in [3.63, 3.8) is 0 Å². The molecule has 2 unspecified atom stereocenters. The fourth-order valence-corrected chi connectivity index (χ4v) is 4.56. The van der Waals surface area contributed by atoms with Crippen molar-refractivity contribution in [2.75, 3.05) is 0 Å². The van der Waals surface area contributed by atoms with Crippen LogP contribution in [0.1, 0.15) is 65.7 Å². The predicted octanol–water partition coefficient (Wildman–Crippen LogP) is 3.92. The zero-order valence-corrected chi connectivity index (χ0v) is 15.6. The molecule has 5 nitrogen and oxygen atoms in total. The van der Waals surface area contributed by atoms with Crippen molar-refractivity contribution in [3.05, 3.63) is 39.5 Å². The van der Waals surface area contributed by atoms with Crippen LogP contribution in [0.25, 0.3) is 0 Å². The lowest BCUT2D eigenvalue weighted by Gasteiger charge is -2.18. The van der Waals surface area contributed by atoms with Gasteiger partial charge in [0.2, 0.25) is 0 Å². The van der Waals surface area contributed by atoms with Crippen LogP contribution in [-0.4, -0.2) is 22.2 Å². The number of benzene rings is 1. The highest BCUT2D eigenvalue weighted by molar-refractivity contribution is 5.97. The van der Waals surface area contributed by atoms with Gasteiger partial charge < -0.3 is 14.9 Å². The van der Waals surface area contributed by atoms with Gasteiger partial charge in [-0.15, -0.1) is 0 Å². The zero-order chi connectivity index (χ0) is 19.0. The Bertz CT molecular complexity index is 790. The fourth-order valence-electron chi connectivity index (χ4n) is 4.56. The number of carboxylic acids is 1. The molecule has 0 aromatic heterocycles. The van der Waals surface area contributed by atoms with Crippen LogP contribution < -0.4 is 0 Å². The molecule has 5 heteroatoms. The first kappa shape index (κ1) is 18.5. The molecule has 3 rings (SSSR count). The molecular formula is C21H26O5. The number of rotatable bonds is 5. The predicted molar refractivity (Wildman–Crippen MR) is 97.3 cm³/mol. The first-order valence-corrected chi connectivity index (χ1v) is 9.29. The van der Waals surface area contributed by atoms with Crippen LogP contribution in [0.4, 0.5) is 0 Å². The summed E-state index contributed by atoms with van der Waals surface area (Å²) in [6.07, 6.45) is 5.81. The second kappa shape index (κ2) is 7.14. The summed E-state index contributed by atoms with van der Waals surface area (Å²) in [6, 6.07) is 0. The minimum Gasteiger partial charge on any atom is -0.507 e. The van der Waals surface area contributed by atoms with Crippen molar-refractivity contribution >= 4 is 11.9 Å². The van der Waals surface area contributed by atoms with E-state index in [1.54, 1.807) is 0 Å². The lowest BCUT2D eigenvalue weighted by molar-refractivity contribution is -0.142. The first-order valence-electron chi connectivity index (χ1n) is 9.29. The molecule has 0 saturated heterocycles. The summed E-state index contributed by atoms with van der Waals surface area (Å²) in [5.74, 6) is -1.43. The van der Waals surface area contributed by atoms with Crippen LogP contribution in [0.15, 0.2) is 11.6 Å². The van der Waals surface area contributed by atoms with Crippen LogP contribution >= 0.6 is 0 Å². The summed E-state index contributed by atoms with van der Waals surface area (Å²) >= 11 is 0. The maximum Gasteiger partial charge on any atom is 0.342 e. The highest BCUT2D eigenvalue weighted by Crippen LogP contribution is 2.40. The number of aromatic hydroxyl groups is 1. The molecule has 2 N–H and O–H groups in total. The van der Waals surface area contributed by atoms with Crippen molar-refractivity contribution in [3.8, 4) is 5.75 Å². The zero-order valence-electron chi connectivity index (χ0n) is 15.6. The first-order chi connectivity index (χ1) is 12.4. The molecule has 1 aromatic rings. The highest BCUT2D eigenvalue weighted by Gasteiger charge is 2.34. The Morgan fingerprint density at radius 3 is 2.62 bits per heavy atom. The van der Waals surface area contributed by atoms with Crippen molar-refractivity contribution in [1.82, 2.24) is 0 Å². The average molecular weight is 358 g/mol. The molecule has 1 aliphatic carbocycles. The van der Waals surface area contributed by atoms with Gasteiger partial charge in [-0.2, -0.15) is 0 Å². The van der Waals surface area contributed by atoms with E-state index in [2.05, 4.69) is 0 Å². The second-order valence-corrected chi connectivity index (χ2v) is 7.35. The monoisotopic (exact) mass is 358 g/mol. The number of allylic oxidation sites excluding steroid dienone is 2. The highest BCUT2D eigenvalue weighted by atomic mass is 16.5. The minimum absolute atomic E-state index is 0.0233. The Balaban J connectivity index is 1.95. The number of fused-ring (bicyclic) bond motifs is 1. The van der Waals surface area contributed by atoms with E-state index in [-0.39, 0.29) is 24.2 Å². The molecule has 1 heterocycles. The summed E-state index contributed by atoms with van der Waals surface area (Å²) in [5, 5.41) is 20.1. The van der Waals surface area contributed by atoms with Gasteiger partial charge in [-0.25, -0.2) is 4.79 Å². The largest absolute Gasteiger partial charge is 0.507 e. The molecule has 0 spiro atoms. The topological polar surface area (TPSA) is 83.8 Å². The summed E-state index contributed by atoms with van der Waals surface area (Å²) < 4.78 is 5.11. The van der Waals surface area contributed by atoms with Gasteiger partial charge in [0.15, 0.2) is 0 Å². The maximum absolute atomic E-state index is 12.0. The number of aliphatic carboxylic acids is 1. The van der Waals surface area contributed by atoms with Gasteiger partial charge in [0, 0.05) is 11.1 Å². The number of carboxylic acid groups (broad SMARTS) is 1. The lowest BCUT2D eigenvalue weighted by Crippen LogP contribution is -2.19. The number of cyclic esters (lactones) is 1. The number of hydrogen-bond acceptors (Lipinski definition) is 4. The van der Waals surface area contributed by atoms with Crippen LogP contribution in [0, 0.1) is 18.8 Å². The number of phenolic OH excluding ortho intramolecular Hbond substituents is 1. The molecule has 1 aliphatic heterocycles. The lowest BCUT2D eigenvalue weighted by atomic mass is 9.86. The van der Waals surface area contributed by atoms with E-state index in [1.165, 1.54) is 0 Å². The van der Waals surface area contributed by atoms with Gasteiger partial charge >= 0.3 is 11.9 Å². The Kier molecular flexibility index (Phi) is 5.08. The molecule has 1 aromatic carbocycles. The smallest absolute Gasteiger partial charge is 0.342 e. The van der Waals surface area contributed by atoms with Gasteiger partial charge in [-0.3, -0.25) is 4.79 Å². The Morgan fingerprint density at radius 2 is 1.96 bits per heavy atom. The van der Waals surface area contributed by atoms with E-state index in [0.29, 0.717) is 12.0 Å². The SMILES string of the molecule is CCc1c(C)c2c(c(O)c1C/C=C(\C)C1CCCC1C(=O)O)C(=O)OC2. The molecule has 0 bridgehead atoms. The minimum atomic E-state index is -0.728. The molecule has 0 amide bonds.